The Hall–Kier alpha value is -3.42. The molecule has 2 aliphatic carbocycles. The van der Waals surface area contributed by atoms with Crippen LogP contribution in [0.25, 0.3) is 11.1 Å². The number of sulfonamides is 1. The van der Waals surface area contributed by atoms with E-state index in [0.717, 1.165) is 48.1 Å². The van der Waals surface area contributed by atoms with E-state index in [4.69, 9.17) is 30.9 Å². The van der Waals surface area contributed by atoms with Crippen molar-refractivity contribution in [3.8, 4) is 16.9 Å². The number of hydrogen-bond acceptors (Lipinski definition) is 12. The number of ether oxygens (including phenoxy) is 3. The second-order valence-corrected chi connectivity index (χ2v) is 16.5. The smallest absolute Gasteiger partial charge is 0.314 e. The molecule has 0 saturated heterocycles. The van der Waals surface area contributed by atoms with E-state index in [9.17, 15) is 33.6 Å². The Morgan fingerprint density at radius 3 is 2.45 bits per heavy atom. The van der Waals surface area contributed by atoms with Gasteiger partial charge in [0, 0.05) is 61.8 Å². The van der Waals surface area contributed by atoms with E-state index in [1.807, 2.05) is 36.5 Å². The van der Waals surface area contributed by atoms with Gasteiger partial charge in [0.1, 0.15) is 24.1 Å². The van der Waals surface area contributed by atoms with Crippen molar-refractivity contribution in [2.24, 2.45) is 0 Å². The molecule has 2 aliphatic rings. The third-order valence-corrected chi connectivity index (χ3v) is 12.1. The van der Waals surface area contributed by atoms with Crippen molar-refractivity contribution in [3.63, 3.8) is 0 Å². The topological polar surface area (TPSA) is 220 Å². The number of aliphatic hydroxyl groups is 5. The summed E-state index contributed by atoms with van der Waals surface area (Å²) >= 11 is 6.62. The average Bonchev–Trinajstić information content (AvgIpc) is 4.16. The first-order chi connectivity index (χ1) is 26.9. The van der Waals surface area contributed by atoms with E-state index in [1.165, 1.54) is 17.5 Å². The van der Waals surface area contributed by atoms with E-state index in [0.29, 0.717) is 29.8 Å². The van der Waals surface area contributed by atoms with Gasteiger partial charge in [-0.3, -0.25) is 4.98 Å². The van der Waals surface area contributed by atoms with Crippen LogP contribution in [-0.2, 0) is 31.7 Å². The van der Waals surface area contributed by atoms with Crippen LogP contribution >= 0.6 is 11.6 Å². The number of pyridine rings is 1. The Morgan fingerprint density at radius 1 is 0.982 bits per heavy atom. The van der Waals surface area contributed by atoms with Crippen LogP contribution in [0.2, 0.25) is 5.02 Å². The first-order valence-corrected chi connectivity index (χ1v) is 20.7. The Kier molecular flexibility index (Phi) is 15.9. The molecule has 17 heteroatoms. The average molecular weight is 821 g/mol. The van der Waals surface area contributed by atoms with Crippen molar-refractivity contribution in [1.29, 1.82) is 0 Å². The Labute approximate surface area is 332 Å². The summed E-state index contributed by atoms with van der Waals surface area (Å²) in [6.45, 7) is -0.359. The fourth-order valence-corrected chi connectivity index (χ4v) is 7.91. The van der Waals surface area contributed by atoms with Crippen molar-refractivity contribution in [2.75, 3.05) is 46.5 Å². The summed E-state index contributed by atoms with van der Waals surface area (Å²) in [5.41, 5.74) is 2.83. The minimum Gasteiger partial charge on any atom is -0.490 e. The van der Waals surface area contributed by atoms with Crippen LogP contribution in [0.15, 0.2) is 65.8 Å². The van der Waals surface area contributed by atoms with Crippen LogP contribution in [0.3, 0.4) is 0 Å². The number of halogens is 1. The van der Waals surface area contributed by atoms with Gasteiger partial charge in [0.05, 0.1) is 42.5 Å². The van der Waals surface area contributed by atoms with Gasteiger partial charge in [-0.2, -0.15) is 4.31 Å². The number of hydrogen-bond donors (Lipinski definition) is 7. The number of rotatable bonds is 24. The first kappa shape index (κ1) is 43.7. The quantitative estimate of drug-likeness (QED) is 0.0649. The molecule has 2 saturated carbocycles. The number of carbonyl (C=O) groups excluding carboxylic acids is 1. The van der Waals surface area contributed by atoms with Crippen molar-refractivity contribution in [1.82, 2.24) is 19.9 Å². The zero-order chi connectivity index (χ0) is 40.3. The molecule has 1 aromatic heterocycles. The molecule has 15 nitrogen and oxygen atoms in total. The third-order valence-electron chi connectivity index (χ3n) is 9.88. The van der Waals surface area contributed by atoms with Crippen LogP contribution in [0, 0.1) is 0 Å². The van der Waals surface area contributed by atoms with E-state index >= 15 is 0 Å². The van der Waals surface area contributed by atoms with Gasteiger partial charge in [0.25, 0.3) is 0 Å². The molecular formula is C39H53ClN4O11S. The molecule has 0 radical (unpaired) electrons. The van der Waals surface area contributed by atoms with Crippen molar-refractivity contribution >= 4 is 27.7 Å². The number of carbonyl (C=O) groups is 1. The molecule has 7 N–H and O–H groups in total. The zero-order valence-electron chi connectivity index (χ0n) is 31.4. The van der Waals surface area contributed by atoms with E-state index in [2.05, 4.69) is 15.6 Å². The van der Waals surface area contributed by atoms with Crippen molar-refractivity contribution in [3.05, 3.63) is 77.1 Å². The number of aliphatic hydroxyl groups excluding tert-OH is 5. The fraction of sp³-hybridized carbons (Fsp3) is 0.538. The highest BCUT2D eigenvalue weighted by molar-refractivity contribution is 7.89. The van der Waals surface area contributed by atoms with Crippen LogP contribution < -0.4 is 15.4 Å². The lowest BCUT2D eigenvalue weighted by atomic mass is 9.96. The summed E-state index contributed by atoms with van der Waals surface area (Å²) in [5.74, 6) is 0.823. The number of aromatic nitrogens is 1. The molecule has 308 valence electrons. The standard InChI is InChI=1S/C39H53ClN4O11S/c1-53-20-19-44(18-6-2-5-16-42-38(50)43-23-33(46)36(48)37(49)34(47)24-45)56(51,52)28-11-12-32(40)26(21-28)25-54-39(14-15-39)31-22-41-17-13-29(31)30-7-3-4-8-35(30)55-27-9-10-27/h3-4,7-8,11-13,17,21-22,27,33-34,36-37,45-49H,2,5-6,9-10,14-16,18-20,23-25H2,1H3,(H2,42,43,50). The second-order valence-electron chi connectivity index (χ2n) is 14.2. The molecule has 4 unspecified atom stereocenters. The Balaban J connectivity index is 1.15. The normalized spacial score (nSPS) is 17.2. The molecule has 4 atom stereocenters. The molecule has 0 aliphatic heterocycles. The van der Waals surface area contributed by atoms with Gasteiger partial charge in [-0.25, -0.2) is 13.2 Å². The number of benzene rings is 2. The van der Waals surface area contributed by atoms with Crippen molar-refractivity contribution < 1.29 is 53.0 Å². The molecule has 2 fully saturated rings. The van der Waals surface area contributed by atoms with Gasteiger partial charge < -0.3 is 50.4 Å². The lowest BCUT2D eigenvalue weighted by Crippen LogP contribution is -2.50. The molecule has 2 amide bonds. The molecule has 5 rings (SSSR count). The fourth-order valence-electron chi connectivity index (χ4n) is 6.22. The van der Waals surface area contributed by atoms with Crippen LogP contribution in [0.5, 0.6) is 5.75 Å². The summed E-state index contributed by atoms with van der Waals surface area (Å²) in [6.07, 6.45) is 2.25. The number of nitrogens with one attached hydrogen (secondary N) is 2. The maximum Gasteiger partial charge on any atom is 0.314 e. The largest absolute Gasteiger partial charge is 0.490 e. The van der Waals surface area contributed by atoms with Gasteiger partial charge in [0.15, 0.2) is 0 Å². The monoisotopic (exact) mass is 820 g/mol. The first-order valence-electron chi connectivity index (χ1n) is 18.9. The molecule has 56 heavy (non-hydrogen) atoms. The van der Waals surface area contributed by atoms with Crippen LogP contribution in [0.4, 0.5) is 4.79 Å². The number of methoxy groups -OCH3 is 1. The number of para-hydroxylation sites is 1. The molecule has 3 aromatic rings. The highest BCUT2D eigenvalue weighted by Gasteiger charge is 2.48. The van der Waals surface area contributed by atoms with Gasteiger partial charge in [-0.1, -0.05) is 36.2 Å². The van der Waals surface area contributed by atoms with Crippen LogP contribution in [0.1, 0.15) is 56.1 Å². The molecular weight excluding hydrogens is 768 g/mol. The van der Waals surface area contributed by atoms with E-state index in [-0.39, 0.29) is 43.8 Å². The van der Waals surface area contributed by atoms with Gasteiger partial charge >= 0.3 is 6.03 Å². The molecule has 2 aromatic carbocycles. The van der Waals surface area contributed by atoms with Gasteiger partial charge in [-0.15, -0.1) is 0 Å². The maximum absolute atomic E-state index is 14.0. The summed E-state index contributed by atoms with van der Waals surface area (Å²) in [6, 6.07) is 13.9. The predicted octanol–water partition coefficient (Wildman–Crippen LogP) is 2.69. The highest BCUT2D eigenvalue weighted by atomic mass is 35.5. The summed E-state index contributed by atoms with van der Waals surface area (Å²) in [7, 11) is -2.45. The number of amides is 2. The summed E-state index contributed by atoms with van der Waals surface area (Å²) in [4.78, 5) is 16.6. The number of urea groups is 1. The maximum atomic E-state index is 14.0. The minimum absolute atomic E-state index is 0.0821. The predicted molar refractivity (Wildman–Crippen MR) is 207 cm³/mol. The van der Waals surface area contributed by atoms with Gasteiger partial charge in [0.2, 0.25) is 10.0 Å². The van der Waals surface area contributed by atoms with Crippen molar-refractivity contribution in [2.45, 2.75) is 92.6 Å². The number of nitrogens with zero attached hydrogens (tertiary/aromatic N) is 2. The van der Waals surface area contributed by atoms with E-state index < -0.39 is 59.2 Å². The van der Waals surface area contributed by atoms with Gasteiger partial charge in [-0.05, 0) is 80.0 Å². The Bertz CT molecular complexity index is 1850. The molecule has 1 heterocycles. The second kappa shape index (κ2) is 20.3. The third kappa shape index (κ3) is 11.6. The number of unbranched alkanes of at least 4 members (excludes halogenated alkanes) is 2. The molecule has 0 bridgehead atoms. The zero-order valence-corrected chi connectivity index (χ0v) is 33.0. The minimum atomic E-state index is -3.95. The van der Waals surface area contributed by atoms with E-state index in [1.54, 1.807) is 18.3 Å². The molecule has 0 spiro atoms. The SMILES string of the molecule is COCCN(CCCCCNC(=O)NCC(O)C(O)C(O)C(O)CO)S(=O)(=O)c1ccc(Cl)c(COC2(c3cnccc3-c3ccccc3OC3CC3)CC2)c1. The summed E-state index contributed by atoms with van der Waals surface area (Å²) < 4.78 is 47.3. The lowest BCUT2D eigenvalue weighted by molar-refractivity contribution is -0.113. The van der Waals surface area contributed by atoms with Crippen LogP contribution in [-0.4, -0.2) is 126 Å². The summed E-state index contributed by atoms with van der Waals surface area (Å²) in [5, 5.41) is 53.2. The highest BCUT2D eigenvalue weighted by Crippen LogP contribution is 2.53. The lowest BCUT2D eigenvalue weighted by Gasteiger charge is -2.25. The Morgan fingerprint density at radius 2 is 1.73 bits per heavy atom.